The van der Waals surface area contributed by atoms with Gasteiger partial charge >= 0.3 is 0 Å². The second kappa shape index (κ2) is 7.03. The summed E-state index contributed by atoms with van der Waals surface area (Å²) in [6.45, 7) is 4.24. The van der Waals surface area contributed by atoms with Gasteiger partial charge in [-0.05, 0) is 39.2 Å². The maximum atomic E-state index is 5.92. The minimum absolute atomic E-state index is 0.0296. The molecule has 17 heavy (non-hydrogen) atoms. The third-order valence-corrected chi connectivity index (χ3v) is 4.12. The van der Waals surface area contributed by atoms with Crippen molar-refractivity contribution < 1.29 is 4.74 Å². The van der Waals surface area contributed by atoms with Gasteiger partial charge in [0.05, 0.1) is 5.60 Å². The number of hydrogen-bond acceptors (Lipinski definition) is 2. The van der Waals surface area contributed by atoms with E-state index in [0.717, 1.165) is 18.8 Å². The first-order valence-electron chi connectivity index (χ1n) is 6.80. The number of nitrogens with one attached hydrogen (secondary N) is 1. The molecule has 0 aliphatic heterocycles. The number of hydrogen-bond donors (Lipinski definition) is 1. The second-order valence-corrected chi connectivity index (χ2v) is 5.28. The van der Waals surface area contributed by atoms with Crippen LogP contribution in [0.5, 0.6) is 0 Å². The maximum absolute atomic E-state index is 5.92. The summed E-state index contributed by atoms with van der Waals surface area (Å²) in [6.07, 6.45) is 7.02. The van der Waals surface area contributed by atoms with Crippen LogP contribution in [0.1, 0.15) is 52.4 Å². The van der Waals surface area contributed by atoms with E-state index in [9.17, 15) is 0 Å². The summed E-state index contributed by atoms with van der Waals surface area (Å²) in [6, 6.07) is 0.427. The Labute approximate surface area is 107 Å². The second-order valence-electron chi connectivity index (χ2n) is 5.28. The van der Waals surface area contributed by atoms with E-state index in [1.165, 1.54) is 25.7 Å². The monoisotopic (exact) mass is 237 g/mol. The van der Waals surface area contributed by atoms with E-state index in [-0.39, 0.29) is 5.60 Å². The minimum atomic E-state index is 0.0296. The molecule has 0 aromatic carbocycles. The summed E-state index contributed by atoms with van der Waals surface area (Å²) < 4.78 is 5.92. The lowest BCUT2D eigenvalue weighted by atomic mass is 9.73. The fourth-order valence-corrected chi connectivity index (χ4v) is 3.20. The molecular formula is C15H27NO. The van der Waals surface area contributed by atoms with Gasteiger partial charge in [0.15, 0.2) is 0 Å². The van der Waals surface area contributed by atoms with Crippen molar-refractivity contribution >= 4 is 0 Å². The Kier molecular flexibility index (Phi) is 6.02. The first-order chi connectivity index (χ1) is 8.18. The van der Waals surface area contributed by atoms with Crippen molar-refractivity contribution in [2.24, 2.45) is 5.92 Å². The largest absolute Gasteiger partial charge is 0.377 e. The lowest BCUT2D eigenvalue weighted by Crippen LogP contribution is -2.53. The minimum Gasteiger partial charge on any atom is -0.377 e. The molecule has 0 amide bonds. The third kappa shape index (κ3) is 3.72. The molecule has 1 aliphatic carbocycles. The molecule has 98 valence electrons. The van der Waals surface area contributed by atoms with Crippen LogP contribution >= 0.6 is 0 Å². The van der Waals surface area contributed by atoms with Gasteiger partial charge in [0.25, 0.3) is 0 Å². The van der Waals surface area contributed by atoms with Crippen molar-refractivity contribution in [3.63, 3.8) is 0 Å². The van der Waals surface area contributed by atoms with Gasteiger partial charge in [0, 0.05) is 19.6 Å². The highest BCUT2D eigenvalue weighted by Gasteiger charge is 2.40. The zero-order chi connectivity index (χ0) is 12.7. The van der Waals surface area contributed by atoms with E-state index >= 15 is 0 Å². The van der Waals surface area contributed by atoms with E-state index in [2.05, 4.69) is 24.1 Å². The van der Waals surface area contributed by atoms with Crippen molar-refractivity contribution in [3.05, 3.63) is 0 Å². The van der Waals surface area contributed by atoms with Crippen LogP contribution in [0.3, 0.4) is 0 Å². The molecule has 2 heteroatoms. The summed E-state index contributed by atoms with van der Waals surface area (Å²) in [7, 11) is 3.91. The Morgan fingerprint density at radius 3 is 2.82 bits per heavy atom. The number of likely N-dealkylation sites (N-methyl/N-ethyl adjacent to an activating group) is 1. The normalized spacial score (nSPS) is 30.5. The van der Waals surface area contributed by atoms with Gasteiger partial charge in [-0.2, -0.15) is 0 Å². The summed E-state index contributed by atoms with van der Waals surface area (Å²) in [4.78, 5) is 0. The first-order valence-corrected chi connectivity index (χ1v) is 6.80. The molecular weight excluding hydrogens is 210 g/mol. The molecule has 1 aliphatic rings. The quantitative estimate of drug-likeness (QED) is 0.742. The third-order valence-electron chi connectivity index (χ3n) is 4.12. The summed E-state index contributed by atoms with van der Waals surface area (Å²) >= 11 is 0. The van der Waals surface area contributed by atoms with Crippen molar-refractivity contribution in [1.29, 1.82) is 0 Å². The Morgan fingerprint density at radius 2 is 2.29 bits per heavy atom. The lowest BCUT2D eigenvalue weighted by Gasteiger charge is -2.44. The van der Waals surface area contributed by atoms with Gasteiger partial charge in [-0.25, -0.2) is 0 Å². The average molecular weight is 237 g/mol. The van der Waals surface area contributed by atoms with E-state index in [0.29, 0.717) is 6.04 Å². The summed E-state index contributed by atoms with van der Waals surface area (Å²) in [5.41, 5.74) is 0.0296. The van der Waals surface area contributed by atoms with E-state index < -0.39 is 0 Å². The Hall–Kier alpha value is -0.520. The van der Waals surface area contributed by atoms with Crippen molar-refractivity contribution in [1.82, 2.24) is 5.32 Å². The van der Waals surface area contributed by atoms with Crippen LogP contribution in [0.15, 0.2) is 0 Å². The fourth-order valence-electron chi connectivity index (χ4n) is 3.20. The highest BCUT2D eigenvalue weighted by atomic mass is 16.5. The van der Waals surface area contributed by atoms with Gasteiger partial charge < -0.3 is 10.1 Å². The fraction of sp³-hybridized carbons (Fsp3) is 0.867. The molecule has 0 bridgehead atoms. The van der Waals surface area contributed by atoms with Crippen molar-refractivity contribution in [2.45, 2.75) is 64.0 Å². The Morgan fingerprint density at radius 1 is 1.53 bits per heavy atom. The molecule has 1 rings (SSSR count). The average Bonchev–Trinajstić information content (AvgIpc) is 2.34. The van der Waals surface area contributed by atoms with Crippen LogP contribution in [0.2, 0.25) is 0 Å². The highest BCUT2D eigenvalue weighted by Crippen LogP contribution is 2.38. The van der Waals surface area contributed by atoms with E-state index in [1.807, 2.05) is 21.1 Å². The number of rotatable bonds is 5. The molecule has 1 N–H and O–H groups in total. The van der Waals surface area contributed by atoms with Crippen LogP contribution in [0.25, 0.3) is 0 Å². The first kappa shape index (κ1) is 14.5. The van der Waals surface area contributed by atoms with Crippen LogP contribution in [0.4, 0.5) is 0 Å². The lowest BCUT2D eigenvalue weighted by molar-refractivity contribution is -0.0790. The number of methoxy groups -OCH3 is 1. The molecule has 3 atom stereocenters. The zero-order valence-corrected chi connectivity index (χ0v) is 11.8. The topological polar surface area (TPSA) is 21.3 Å². The summed E-state index contributed by atoms with van der Waals surface area (Å²) in [5.74, 6) is 6.90. The molecule has 1 saturated carbocycles. The standard InChI is InChI=1S/C15H27NO/c1-5-6-7-10-14(16-3)15(17-4)11-8-9-13(2)12-15/h13-14,16H,7-12H2,1-4H3. The molecule has 0 aromatic rings. The van der Waals surface area contributed by atoms with Crippen molar-refractivity contribution in [2.75, 3.05) is 14.2 Å². The molecule has 3 unspecified atom stereocenters. The molecule has 0 spiro atoms. The van der Waals surface area contributed by atoms with Gasteiger partial charge in [-0.3, -0.25) is 0 Å². The highest BCUT2D eigenvalue weighted by molar-refractivity contribution is 5.01. The van der Waals surface area contributed by atoms with Crippen LogP contribution in [0, 0.1) is 17.8 Å². The molecule has 1 fully saturated rings. The molecule has 0 radical (unpaired) electrons. The predicted octanol–water partition coefficient (Wildman–Crippen LogP) is 2.97. The van der Waals surface area contributed by atoms with E-state index in [1.54, 1.807) is 0 Å². The smallest absolute Gasteiger partial charge is 0.0833 e. The summed E-state index contributed by atoms with van der Waals surface area (Å²) in [5, 5.41) is 3.45. The van der Waals surface area contributed by atoms with E-state index in [4.69, 9.17) is 4.74 Å². The van der Waals surface area contributed by atoms with Crippen molar-refractivity contribution in [3.8, 4) is 11.8 Å². The van der Waals surface area contributed by atoms with Crippen LogP contribution < -0.4 is 5.32 Å². The Bertz CT molecular complexity index is 278. The Balaban J connectivity index is 2.68. The number of ether oxygens (including phenoxy) is 1. The van der Waals surface area contributed by atoms with Crippen LogP contribution in [-0.2, 0) is 4.74 Å². The van der Waals surface area contributed by atoms with Gasteiger partial charge in [-0.15, -0.1) is 11.8 Å². The molecule has 0 saturated heterocycles. The van der Waals surface area contributed by atoms with Crippen LogP contribution in [-0.4, -0.2) is 25.8 Å². The van der Waals surface area contributed by atoms with Gasteiger partial charge in [0.1, 0.15) is 0 Å². The SMILES string of the molecule is CC#CCCC(NC)C1(OC)CCCC(C)C1. The molecule has 0 heterocycles. The molecule has 0 aromatic heterocycles. The maximum Gasteiger partial charge on any atom is 0.0833 e. The van der Waals surface area contributed by atoms with Gasteiger partial charge in [-0.1, -0.05) is 19.8 Å². The predicted molar refractivity (Wildman–Crippen MR) is 72.9 cm³/mol. The zero-order valence-electron chi connectivity index (χ0n) is 11.8. The van der Waals surface area contributed by atoms with Gasteiger partial charge in [0.2, 0.25) is 0 Å². The molecule has 2 nitrogen and oxygen atoms in total.